The summed E-state index contributed by atoms with van der Waals surface area (Å²) in [5.74, 6) is -4.22. The lowest BCUT2D eigenvalue weighted by atomic mass is 10.1. The van der Waals surface area contributed by atoms with E-state index in [0.717, 1.165) is 12.1 Å². The monoisotopic (exact) mass is 264 g/mol. The van der Waals surface area contributed by atoms with E-state index in [0.29, 0.717) is 13.2 Å². The molecule has 0 radical (unpaired) electrons. The maximum atomic E-state index is 13.3. The van der Waals surface area contributed by atoms with Crippen LogP contribution in [0.1, 0.15) is 18.1 Å². The highest BCUT2D eigenvalue weighted by Gasteiger charge is 2.18. The summed E-state index contributed by atoms with van der Waals surface area (Å²) in [5.41, 5.74) is -0.274. The van der Waals surface area contributed by atoms with Gasteiger partial charge >= 0.3 is 0 Å². The van der Waals surface area contributed by atoms with Gasteiger partial charge in [0.25, 0.3) is 0 Å². The molecule has 0 heterocycles. The van der Waals surface area contributed by atoms with E-state index in [1.165, 1.54) is 7.11 Å². The second kappa shape index (κ2) is 7.35. The van der Waals surface area contributed by atoms with Crippen LogP contribution < -0.4 is 0 Å². The summed E-state index contributed by atoms with van der Waals surface area (Å²) in [6, 6.07) is 1.80. The molecule has 0 amide bonds. The molecule has 1 rings (SSSR count). The van der Waals surface area contributed by atoms with Crippen molar-refractivity contribution in [3.63, 3.8) is 0 Å². The molecule has 18 heavy (non-hydrogen) atoms. The number of benzene rings is 1. The third-order valence-corrected chi connectivity index (χ3v) is 2.39. The van der Waals surface area contributed by atoms with Crippen LogP contribution >= 0.6 is 0 Å². The average molecular weight is 264 g/mol. The van der Waals surface area contributed by atoms with Crippen LogP contribution in [0.2, 0.25) is 0 Å². The van der Waals surface area contributed by atoms with Crippen LogP contribution in [0.25, 0.3) is 0 Å². The minimum Gasteiger partial charge on any atom is -0.388 e. The van der Waals surface area contributed by atoms with Gasteiger partial charge < -0.3 is 14.6 Å². The van der Waals surface area contributed by atoms with Crippen LogP contribution in [-0.4, -0.2) is 32.0 Å². The highest BCUT2D eigenvalue weighted by molar-refractivity contribution is 5.22. The molecular weight excluding hydrogens is 249 g/mol. The molecule has 6 heteroatoms. The Hall–Kier alpha value is -1.11. The third kappa shape index (κ3) is 3.97. The summed E-state index contributed by atoms with van der Waals surface area (Å²) < 4.78 is 48.7. The summed E-state index contributed by atoms with van der Waals surface area (Å²) in [6.45, 7) is 0.933. The molecule has 1 N–H and O–H groups in total. The first-order valence-electron chi connectivity index (χ1n) is 5.46. The Labute approximate surface area is 103 Å². The van der Waals surface area contributed by atoms with Crippen LogP contribution in [0.5, 0.6) is 0 Å². The van der Waals surface area contributed by atoms with Crippen molar-refractivity contribution in [3.8, 4) is 0 Å². The van der Waals surface area contributed by atoms with Crippen molar-refractivity contribution in [2.45, 2.75) is 12.5 Å². The molecule has 3 nitrogen and oxygen atoms in total. The van der Waals surface area contributed by atoms with E-state index in [1.807, 2.05) is 0 Å². The van der Waals surface area contributed by atoms with Crippen LogP contribution in [0.4, 0.5) is 13.2 Å². The molecule has 0 fully saturated rings. The molecule has 0 saturated heterocycles. The predicted molar refractivity (Wildman–Crippen MR) is 58.6 cm³/mol. The van der Waals surface area contributed by atoms with Crippen LogP contribution in [-0.2, 0) is 9.47 Å². The van der Waals surface area contributed by atoms with Gasteiger partial charge in [0.1, 0.15) is 0 Å². The molecule has 0 aromatic heterocycles. The fraction of sp³-hybridized carbons (Fsp3) is 0.500. The Kier molecular flexibility index (Phi) is 6.11. The number of aliphatic hydroxyl groups is 1. The van der Waals surface area contributed by atoms with Crippen molar-refractivity contribution in [1.82, 2.24) is 0 Å². The normalized spacial score (nSPS) is 12.7. The average Bonchev–Trinajstić information content (AvgIpc) is 2.35. The lowest BCUT2D eigenvalue weighted by Crippen LogP contribution is -2.09. The molecule has 1 unspecified atom stereocenters. The lowest BCUT2D eigenvalue weighted by molar-refractivity contribution is 0.0466. The molecule has 1 aromatic carbocycles. The predicted octanol–water partition coefficient (Wildman–Crippen LogP) is 2.19. The van der Waals surface area contributed by atoms with E-state index in [-0.39, 0.29) is 18.6 Å². The molecule has 0 aliphatic rings. The SMILES string of the molecule is COCCOCCC(O)c1ccc(F)c(F)c1F. The molecule has 0 aliphatic heterocycles. The molecule has 102 valence electrons. The van der Waals surface area contributed by atoms with Gasteiger partial charge in [0.2, 0.25) is 0 Å². The van der Waals surface area contributed by atoms with Gasteiger partial charge in [-0.25, -0.2) is 13.2 Å². The zero-order valence-corrected chi connectivity index (χ0v) is 9.96. The van der Waals surface area contributed by atoms with E-state index >= 15 is 0 Å². The smallest absolute Gasteiger partial charge is 0.194 e. The van der Waals surface area contributed by atoms with Crippen LogP contribution in [0.3, 0.4) is 0 Å². The Morgan fingerprint density at radius 2 is 1.83 bits per heavy atom. The van der Waals surface area contributed by atoms with Gasteiger partial charge in [-0.15, -0.1) is 0 Å². The van der Waals surface area contributed by atoms with Gasteiger partial charge in [-0.1, -0.05) is 6.07 Å². The summed E-state index contributed by atoms with van der Waals surface area (Å²) in [4.78, 5) is 0. The molecule has 0 aliphatic carbocycles. The Balaban J connectivity index is 2.51. The van der Waals surface area contributed by atoms with Crippen molar-refractivity contribution in [1.29, 1.82) is 0 Å². The zero-order valence-electron chi connectivity index (χ0n) is 9.96. The van der Waals surface area contributed by atoms with E-state index in [1.54, 1.807) is 0 Å². The molecule has 1 aromatic rings. The van der Waals surface area contributed by atoms with Crippen molar-refractivity contribution >= 4 is 0 Å². The quantitative estimate of drug-likeness (QED) is 0.606. The molecule has 0 bridgehead atoms. The number of hydrogen-bond donors (Lipinski definition) is 1. The highest BCUT2D eigenvalue weighted by atomic mass is 19.2. The number of methoxy groups -OCH3 is 1. The third-order valence-electron chi connectivity index (χ3n) is 2.39. The Bertz CT molecular complexity index is 385. The molecule has 0 spiro atoms. The van der Waals surface area contributed by atoms with Crippen molar-refractivity contribution < 1.29 is 27.8 Å². The Morgan fingerprint density at radius 1 is 1.11 bits per heavy atom. The lowest BCUT2D eigenvalue weighted by Gasteiger charge is -2.12. The van der Waals surface area contributed by atoms with E-state index in [2.05, 4.69) is 0 Å². The summed E-state index contributed by atoms with van der Waals surface area (Å²) in [6.07, 6.45) is -1.14. The Morgan fingerprint density at radius 3 is 2.50 bits per heavy atom. The van der Waals surface area contributed by atoms with E-state index < -0.39 is 23.6 Å². The van der Waals surface area contributed by atoms with E-state index in [4.69, 9.17) is 9.47 Å². The van der Waals surface area contributed by atoms with Crippen molar-refractivity contribution in [2.24, 2.45) is 0 Å². The van der Waals surface area contributed by atoms with Gasteiger partial charge in [-0.3, -0.25) is 0 Å². The highest BCUT2D eigenvalue weighted by Crippen LogP contribution is 2.23. The first-order chi connectivity index (χ1) is 8.57. The maximum absolute atomic E-state index is 13.3. The minimum absolute atomic E-state index is 0.0890. The second-order valence-corrected chi connectivity index (χ2v) is 3.67. The van der Waals surface area contributed by atoms with E-state index in [9.17, 15) is 18.3 Å². The molecule has 0 saturated carbocycles. The molecule has 1 atom stereocenters. The van der Waals surface area contributed by atoms with Crippen LogP contribution in [0.15, 0.2) is 12.1 Å². The zero-order chi connectivity index (χ0) is 13.5. The van der Waals surface area contributed by atoms with Gasteiger partial charge in [-0.2, -0.15) is 0 Å². The standard InChI is InChI=1S/C12H15F3O3/c1-17-6-7-18-5-4-10(16)8-2-3-9(13)12(15)11(8)14/h2-3,10,16H,4-7H2,1H3. The number of hydrogen-bond acceptors (Lipinski definition) is 3. The number of ether oxygens (including phenoxy) is 2. The van der Waals surface area contributed by atoms with Gasteiger partial charge in [0.05, 0.1) is 19.3 Å². The largest absolute Gasteiger partial charge is 0.388 e. The van der Waals surface area contributed by atoms with Crippen LogP contribution in [0, 0.1) is 17.5 Å². The molecular formula is C12H15F3O3. The number of halogens is 3. The number of aliphatic hydroxyl groups excluding tert-OH is 1. The topological polar surface area (TPSA) is 38.7 Å². The summed E-state index contributed by atoms with van der Waals surface area (Å²) >= 11 is 0. The van der Waals surface area contributed by atoms with Gasteiger partial charge in [0, 0.05) is 25.7 Å². The summed E-state index contributed by atoms with van der Waals surface area (Å²) in [5, 5.41) is 9.63. The maximum Gasteiger partial charge on any atom is 0.194 e. The fourth-order valence-electron chi connectivity index (χ4n) is 1.39. The van der Waals surface area contributed by atoms with Gasteiger partial charge in [0.15, 0.2) is 17.5 Å². The first kappa shape index (κ1) is 14.9. The summed E-state index contributed by atoms with van der Waals surface area (Å²) in [7, 11) is 1.52. The fourth-order valence-corrected chi connectivity index (χ4v) is 1.39. The van der Waals surface area contributed by atoms with Gasteiger partial charge in [-0.05, 0) is 6.07 Å². The second-order valence-electron chi connectivity index (χ2n) is 3.67. The van der Waals surface area contributed by atoms with Crippen molar-refractivity contribution in [3.05, 3.63) is 35.1 Å². The first-order valence-corrected chi connectivity index (χ1v) is 5.46. The van der Waals surface area contributed by atoms with Crippen molar-refractivity contribution in [2.75, 3.05) is 26.9 Å². The minimum atomic E-state index is -1.58. The number of rotatable bonds is 7.